The molecule has 172 valence electrons. The zero-order chi connectivity index (χ0) is 23.4. The fraction of sp³-hybridized carbons (Fsp3) is 0.320. The van der Waals surface area contributed by atoms with Crippen LogP contribution < -0.4 is 15.4 Å². The molecule has 0 radical (unpaired) electrons. The van der Waals surface area contributed by atoms with E-state index >= 15 is 0 Å². The summed E-state index contributed by atoms with van der Waals surface area (Å²) in [5, 5.41) is 7.02. The third-order valence-electron chi connectivity index (χ3n) is 5.83. The van der Waals surface area contributed by atoms with Crippen molar-refractivity contribution in [2.45, 2.75) is 38.4 Å². The largest absolute Gasteiger partial charge is 0.495 e. The summed E-state index contributed by atoms with van der Waals surface area (Å²) in [6, 6.07) is 17.6. The van der Waals surface area contributed by atoms with Crippen LogP contribution in [-0.4, -0.2) is 39.1 Å². The average Bonchev–Trinajstić information content (AvgIpc) is 3.43. The number of thiocarbonyl (C=S) groups is 1. The van der Waals surface area contributed by atoms with Gasteiger partial charge in [0.2, 0.25) is 5.91 Å². The highest BCUT2D eigenvalue weighted by atomic mass is 32.1. The molecule has 0 bridgehead atoms. The fourth-order valence-corrected chi connectivity index (χ4v) is 4.61. The predicted octanol–water partition coefficient (Wildman–Crippen LogP) is 4.47. The number of hydrogen-bond donors (Lipinski definition) is 2. The number of anilines is 1. The van der Waals surface area contributed by atoms with Crippen molar-refractivity contribution < 1.29 is 9.53 Å². The molecule has 1 saturated heterocycles. The van der Waals surface area contributed by atoms with Crippen molar-refractivity contribution in [3.63, 3.8) is 0 Å². The SMILES string of the molecule is COc1ccccc1NC(=O)CCN1C(=S)N[C@@H](c2ccccn2)[C@@H]1c1cccn1C(C)C. The highest BCUT2D eigenvalue weighted by Crippen LogP contribution is 2.39. The lowest BCUT2D eigenvalue weighted by Gasteiger charge is -2.29. The van der Waals surface area contributed by atoms with Gasteiger partial charge in [0.1, 0.15) is 5.75 Å². The average molecular weight is 464 g/mol. The molecule has 3 heterocycles. The van der Waals surface area contributed by atoms with Gasteiger partial charge in [-0.1, -0.05) is 18.2 Å². The lowest BCUT2D eigenvalue weighted by atomic mass is 10.0. The third kappa shape index (κ3) is 4.85. The van der Waals surface area contributed by atoms with Crippen molar-refractivity contribution in [3.8, 4) is 5.75 Å². The third-order valence-corrected chi connectivity index (χ3v) is 6.18. The van der Waals surface area contributed by atoms with Gasteiger partial charge in [-0.3, -0.25) is 9.78 Å². The van der Waals surface area contributed by atoms with Crippen LogP contribution in [-0.2, 0) is 4.79 Å². The molecule has 1 fully saturated rings. The molecule has 1 aliphatic rings. The van der Waals surface area contributed by atoms with E-state index in [0.717, 1.165) is 11.4 Å². The molecule has 8 heteroatoms. The first-order chi connectivity index (χ1) is 16.0. The minimum absolute atomic E-state index is 0.0798. The van der Waals surface area contributed by atoms with Crippen LogP contribution in [0.3, 0.4) is 0 Å². The molecule has 3 aromatic rings. The molecule has 2 atom stereocenters. The van der Waals surface area contributed by atoms with Crippen LogP contribution in [0.2, 0.25) is 0 Å². The van der Waals surface area contributed by atoms with Gasteiger partial charge in [-0.2, -0.15) is 0 Å². The van der Waals surface area contributed by atoms with Crippen molar-refractivity contribution in [1.82, 2.24) is 19.8 Å². The highest BCUT2D eigenvalue weighted by Gasteiger charge is 2.41. The molecular weight excluding hydrogens is 434 g/mol. The summed E-state index contributed by atoms with van der Waals surface area (Å²) in [6.45, 7) is 4.79. The number of para-hydroxylation sites is 2. The monoisotopic (exact) mass is 463 g/mol. The van der Waals surface area contributed by atoms with Gasteiger partial charge < -0.3 is 24.8 Å². The lowest BCUT2D eigenvalue weighted by molar-refractivity contribution is -0.116. The molecule has 0 spiro atoms. The molecule has 0 saturated carbocycles. The Hall–Kier alpha value is -3.39. The summed E-state index contributed by atoms with van der Waals surface area (Å²) in [5.41, 5.74) is 2.71. The first-order valence-electron chi connectivity index (χ1n) is 11.1. The maximum Gasteiger partial charge on any atom is 0.226 e. The summed E-state index contributed by atoms with van der Waals surface area (Å²) in [7, 11) is 1.59. The zero-order valence-electron chi connectivity index (χ0n) is 19.1. The van der Waals surface area contributed by atoms with Crippen LogP contribution in [0, 0.1) is 0 Å². The van der Waals surface area contributed by atoms with E-state index in [1.54, 1.807) is 13.3 Å². The van der Waals surface area contributed by atoms with Gasteiger partial charge in [0, 0.05) is 37.1 Å². The van der Waals surface area contributed by atoms with Gasteiger partial charge in [0.25, 0.3) is 0 Å². The number of benzene rings is 1. The van der Waals surface area contributed by atoms with Gasteiger partial charge in [-0.25, -0.2) is 0 Å². The van der Waals surface area contributed by atoms with E-state index in [9.17, 15) is 4.79 Å². The van der Waals surface area contributed by atoms with E-state index in [1.165, 1.54) is 0 Å². The molecule has 1 amide bonds. The standard InChI is InChI=1S/C25H29N5O2S/c1-17(2)29-15-8-11-20(29)24-23(19-10-6-7-14-26-19)28-25(33)30(24)16-13-22(31)27-18-9-4-5-12-21(18)32-3/h4-12,14-15,17,23-24H,13,16H2,1-3H3,(H,27,31)(H,28,33)/t23-,24-/m0/s1. The molecule has 2 N–H and O–H groups in total. The van der Waals surface area contributed by atoms with Gasteiger partial charge >= 0.3 is 0 Å². The summed E-state index contributed by atoms with van der Waals surface area (Å²) < 4.78 is 7.59. The van der Waals surface area contributed by atoms with Crippen molar-refractivity contribution in [2.24, 2.45) is 0 Å². The van der Waals surface area contributed by atoms with Crippen molar-refractivity contribution >= 4 is 28.9 Å². The quantitative estimate of drug-likeness (QED) is 0.480. The molecule has 7 nitrogen and oxygen atoms in total. The van der Waals surface area contributed by atoms with E-state index in [0.29, 0.717) is 29.1 Å². The fourth-order valence-electron chi connectivity index (χ4n) is 4.28. The van der Waals surface area contributed by atoms with Crippen LogP contribution in [0.4, 0.5) is 5.69 Å². The van der Waals surface area contributed by atoms with E-state index in [-0.39, 0.29) is 24.4 Å². The molecule has 2 aromatic heterocycles. The summed E-state index contributed by atoms with van der Waals surface area (Å²) in [6.07, 6.45) is 4.17. The normalized spacial score (nSPS) is 17.8. The molecular formula is C25H29N5O2S. The van der Waals surface area contributed by atoms with Crippen molar-refractivity contribution in [2.75, 3.05) is 19.0 Å². The molecule has 4 rings (SSSR count). The minimum Gasteiger partial charge on any atom is -0.495 e. The lowest BCUT2D eigenvalue weighted by Crippen LogP contribution is -2.33. The number of carbonyl (C=O) groups is 1. The van der Waals surface area contributed by atoms with Crippen LogP contribution in [0.15, 0.2) is 67.0 Å². The number of amides is 1. The Kier molecular flexibility index (Phi) is 6.93. The second kappa shape index (κ2) is 10.0. The molecule has 0 aliphatic carbocycles. The van der Waals surface area contributed by atoms with Crippen LogP contribution >= 0.6 is 12.2 Å². The number of nitrogens with one attached hydrogen (secondary N) is 2. The van der Waals surface area contributed by atoms with Gasteiger partial charge in [0.15, 0.2) is 5.11 Å². The highest BCUT2D eigenvalue weighted by molar-refractivity contribution is 7.80. The Morgan fingerprint density at radius 3 is 2.70 bits per heavy atom. The Bertz CT molecular complexity index is 1110. The number of methoxy groups -OCH3 is 1. The minimum atomic E-state index is -0.108. The molecule has 0 unspecified atom stereocenters. The van der Waals surface area contributed by atoms with Crippen LogP contribution in [0.25, 0.3) is 0 Å². The van der Waals surface area contributed by atoms with E-state index in [1.807, 2.05) is 42.5 Å². The van der Waals surface area contributed by atoms with E-state index in [2.05, 4.69) is 57.3 Å². The zero-order valence-corrected chi connectivity index (χ0v) is 19.9. The first kappa shape index (κ1) is 22.8. The number of pyridine rings is 1. The topological polar surface area (TPSA) is 71.4 Å². The Balaban J connectivity index is 1.57. The van der Waals surface area contributed by atoms with E-state index < -0.39 is 0 Å². The van der Waals surface area contributed by atoms with Crippen LogP contribution in [0.1, 0.15) is 49.8 Å². The first-order valence-corrected chi connectivity index (χ1v) is 11.5. The number of nitrogens with zero attached hydrogens (tertiary/aromatic N) is 3. The molecule has 33 heavy (non-hydrogen) atoms. The second-order valence-electron chi connectivity index (χ2n) is 8.25. The second-order valence-corrected chi connectivity index (χ2v) is 8.64. The smallest absolute Gasteiger partial charge is 0.226 e. The maximum atomic E-state index is 12.8. The number of rotatable bonds is 8. The number of carbonyl (C=O) groups excluding carboxylic acids is 1. The van der Waals surface area contributed by atoms with Crippen molar-refractivity contribution in [1.29, 1.82) is 0 Å². The Morgan fingerprint density at radius 2 is 1.97 bits per heavy atom. The predicted molar refractivity (Wildman–Crippen MR) is 133 cm³/mol. The summed E-state index contributed by atoms with van der Waals surface area (Å²) in [5.74, 6) is 0.536. The number of ether oxygens (including phenoxy) is 1. The Morgan fingerprint density at radius 1 is 1.18 bits per heavy atom. The summed E-state index contributed by atoms with van der Waals surface area (Å²) >= 11 is 5.72. The van der Waals surface area contributed by atoms with Crippen LogP contribution in [0.5, 0.6) is 5.75 Å². The summed E-state index contributed by atoms with van der Waals surface area (Å²) in [4.78, 5) is 19.5. The van der Waals surface area contributed by atoms with E-state index in [4.69, 9.17) is 17.0 Å². The number of hydrogen-bond acceptors (Lipinski definition) is 4. The molecule has 1 aromatic carbocycles. The van der Waals surface area contributed by atoms with Gasteiger partial charge in [-0.05, 0) is 62.5 Å². The van der Waals surface area contributed by atoms with Crippen molar-refractivity contribution in [3.05, 3.63) is 78.4 Å². The number of aromatic nitrogens is 2. The Labute approximate surface area is 199 Å². The van der Waals surface area contributed by atoms with Gasteiger partial charge in [-0.15, -0.1) is 0 Å². The maximum absolute atomic E-state index is 12.8. The molecule has 1 aliphatic heterocycles. The van der Waals surface area contributed by atoms with Gasteiger partial charge in [0.05, 0.1) is 30.6 Å².